The number of hydrogen-bond donors (Lipinski definition) is 2. The number of aromatic nitrogens is 3. The predicted molar refractivity (Wildman–Crippen MR) is 143 cm³/mol. The van der Waals surface area contributed by atoms with Gasteiger partial charge < -0.3 is 15.4 Å². The lowest BCUT2D eigenvalue weighted by atomic mass is 10.1. The summed E-state index contributed by atoms with van der Waals surface area (Å²) in [7, 11) is 1.86. The third-order valence-electron chi connectivity index (χ3n) is 5.24. The molecule has 7 nitrogen and oxygen atoms in total. The molecule has 0 spiro atoms. The molecule has 5 aromatic rings. The highest BCUT2D eigenvalue weighted by Crippen LogP contribution is 2.39. The minimum Gasteiger partial charge on any atom is -0.453 e. The molecule has 3 aromatic heterocycles. The lowest BCUT2D eigenvalue weighted by Crippen LogP contribution is -2.35. The van der Waals surface area contributed by atoms with Gasteiger partial charge in [0.15, 0.2) is 16.7 Å². The molecule has 0 aliphatic rings. The fourth-order valence-corrected chi connectivity index (χ4v) is 4.85. The summed E-state index contributed by atoms with van der Waals surface area (Å²) in [6, 6.07) is 17.4. The van der Waals surface area contributed by atoms with Crippen molar-refractivity contribution in [3.05, 3.63) is 90.6 Å². The number of hydrogen-bond acceptors (Lipinski definition) is 6. The second kappa shape index (κ2) is 10.2. The smallest absolute Gasteiger partial charge is 0.230 e. The second-order valence-electron chi connectivity index (χ2n) is 7.95. The van der Waals surface area contributed by atoms with Gasteiger partial charge in [-0.25, -0.2) is 4.39 Å². The molecule has 2 aromatic carbocycles. The van der Waals surface area contributed by atoms with Crippen molar-refractivity contribution in [2.24, 2.45) is 7.05 Å². The van der Waals surface area contributed by atoms with E-state index in [1.54, 1.807) is 29.2 Å². The van der Waals surface area contributed by atoms with Gasteiger partial charge >= 0.3 is 0 Å². The molecule has 0 bridgehead atoms. The van der Waals surface area contributed by atoms with Gasteiger partial charge in [0.1, 0.15) is 5.75 Å². The number of thiocarbonyl (C=S) groups is 1. The number of ether oxygens (including phenoxy) is 1. The van der Waals surface area contributed by atoms with E-state index in [-0.39, 0.29) is 23.2 Å². The van der Waals surface area contributed by atoms with Gasteiger partial charge in [0.25, 0.3) is 0 Å². The Hall–Kier alpha value is -4.15. The topological polar surface area (TPSA) is 81.1 Å². The lowest BCUT2D eigenvalue weighted by molar-refractivity contribution is -0.119. The normalized spacial score (nSPS) is 10.8. The fourth-order valence-electron chi connectivity index (χ4n) is 3.58. The maximum absolute atomic E-state index is 14.9. The van der Waals surface area contributed by atoms with Gasteiger partial charge in [-0.3, -0.25) is 14.5 Å². The summed E-state index contributed by atoms with van der Waals surface area (Å²) >= 11 is 6.70. The molecule has 10 heteroatoms. The van der Waals surface area contributed by atoms with Crippen molar-refractivity contribution in [1.29, 1.82) is 0 Å². The largest absolute Gasteiger partial charge is 0.453 e. The van der Waals surface area contributed by atoms with E-state index in [2.05, 4.69) is 20.7 Å². The number of carbonyl (C=O) groups is 1. The molecule has 0 saturated carbocycles. The Morgan fingerprint density at radius 2 is 1.97 bits per heavy atom. The Morgan fingerprint density at radius 1 is 1.14 bits per heavy atom. The van der Waals surface area contributed by atoms with Crippen LogP contribution in [0.4, 0.5) is 10.1 Å². The molecule has 0 aliphatic carbocycles. The molecule has 3 heterocycles. The number of anilines is 1. The number of nitrogens with zero attached hydrogens (tertiary/aromatic N) is 3. The first-order valence-corrected chi connectivity index (χ1v) is 12.2. The van der Waals surface area contributed by atoms with Crippen molar-refractivity contribution in [2.75, 3.05) is 5.32 Å². The van der Waals surface area contributed by atoms with Crippen molar-refractivity contribution in [2.45, 2.75) is 6.42 Å². The number of rotatable bonds is 6. The number of thiophene rings is 1. The lowest BCUT2D eigenvalue weighted by Gasteiger charge is -2.12. The van der Waals surface area contributed by atoms with E-state index in [0.717, 1.165) is 26.2 Å². The first-order valence-electron chi connectivity index (χ1n) is 10.9. The van der Waals surface area contributed by atoms with Gasteiger partial charge in [-0.15, -0.1) is 11.3 Å². The molecule has 0 fully saturated rings. The number of nitrogens with one attached hydrogen (secondary N) is 2. The number of pyridine rings is 1. The molecule has 5 rings (SSSR count). The maximum atomic E-state index is 14.9. The summed E-state index contributed by atoms with van der Waals surface area (Å²) in [5.41, 5.74) is 2.99. The van der Waals surface area contributed by atoms with Crippen LogP contribution in [0.3, 0.4) is 0 Å². The van der Waals surface area contributed by atoms with Crippen molar-refractivity contribution < 1.29 is 13.9 Å². The van der Waals surface area contributed by atoms with Crippen LogP contribution >= 0.6 is 23.6 Å². The summed E-state index contributed by atoms with van der Waals surface area (Å²) in [6.07, 6.45) is 5.52. The molecule has 0 radical (unpaired) electrons. The van der Waals surface area contributed by atoms with Crippen LogP contribution in [-0.4, -0.2) is 25.8 Å². The molecule has 1 amide bonds. The van der Waals surface area contributed by atoms with Gasteiger partial charge in [0.2, 0.25) is 5.91 Å². The molecule has 180 valence electrons. The van der Waals surface area contributed by atoms with Crippen molar-refractivity contribution in [3.8, 4) is 21.9 Å². The highest BCUT2D eigenvalue weighted by Gasteiger charge is 2.14. The van der Waals surface area contributed by atoms with E-state index in [1.807, 2.05) is 49.6 Å². The van der Waals surface area contributed by atoms with Gasteiger partial charge in [0, 0.05) is 47.7 Å². The second-order valence-corrected chi connectivity index (χ2v) is 9.41. The Balaban J connectivity index is 1.26. The molecule has 0 atom stereocenters. The van der Waals surface area contributed by atoms with Crippen LogP contribution < -0.4 is 15.4 Å². The highest BCUT2D eigenvalue weighted by atomic mass is 32.1. The Morgan fingerprint density at radius 3 is 2.72 bits per heavy atom. The summed E-state index contributed by atoms with van der Waals surface area (Å²) in [5, 5.41) is 9.73. The van der Waals surface area contributed by atoms with E-state index in [4.69, 9.17) is 17.0 Å². The number of amides is 1. The number of carbonyl (C=O) groups excluding carboxylic acids is 1. The first kappa shape index (κ1) is 23.6. The zero-order valence-corrected chi connectivity index (χ0v) is 20.7. The molecular weight excluding hydrogens is 497 g/mol. The van der Waals surface area contributed by atoms with E-state index in [1.165, 1.54) is 23.5 Å². The third-order valence-corrected chi connectivity index (χ3v) is 6.63. The maximum Gasteiger partial charge on any atom is 0.230 e. The SMILES string of the molecule is Cn1cc(-c2cc3nccc(Oc4ccc(NC(=S)NC(=O)Cc5ccccc5)cc4F)c3s2)cn1. The van der Waals surface area contributed by atoms with E-state index >= 15 is 0 Å². The van der Waals surface area contributed by atoms with Crippen molar-refractivity contribution in [3.63, 3.8) is 0 Å². The molecule has 0 aliphatic heterocycles. The highest BCUT2D eigenvalue weighted by molar-refractivity contribution is 7.80. The standard InChI is InChI=1S/C26H20FN5O2S2/c1-32-15-17(14-29-32)23-13-20-25(36-23)22(9-10-28-20)34-21-8-7-18(12-19(21)27)30-26(35)31-24(33)11-16-5-3-2-4-6-16/h2-10,12-15H,11H2,1H3,(H2,30,31,33,35). The molecular formula is C26H20FN5O2S2. The van der Waals surface area contributed by atoms with Gasteiger partial charge in [-0.1, -0.05) is 30.3 Å². The number of halogens is 1. The van der Waals surface area contributed by atoms with E-state index < -0.39 is 5.82 Å². The van der Waals surface area contributed by atoms with Crippen molar-refractivity contribution >= 4 is 50.5 Å². The summed E-state index contributed by atoms with van der Waals surface area (Å²) in [6.45, 7) is 0. The Kier molecular flexibility index (Phi) is 6.70. The average molecular weight is 518 g/mol. The van der Waals surface area contributed by atoms with Crippen LogP contribution in [0.25, 0.3) is 20.7 Å². The van der Waals surface area contributed by atoms with Crippen LogP contribution in [0, 0.1) is 5.82 Å². The third kappa shape index (κ3) is 5.40. The molecule has 0 saturated heterocycles. The first-order chi connectivity index (χ1) is 17.4. The van der Waals surface area contributed by atoms with Crippen LogP contribution in [0.5, 0.6) is 11.5 Å². The van der Waals surface area contributed by atoms with Crippen LogP contribution in [0.15, 0.2) is 79.3 Å². The van der Waals surface area contributed by atoms with Gasteiger partial charge in [-0.2, -0.15) is 5.10 Å². The zero-order chi connectivity index (χ0) is 25.1. The molecule has 0 unspecified atom stereocenters. The molecule has 36 heavy (non-hydrogen) atoms. The summed E-state index contributed by atoms with van der Waals surface area (Å²) in [5.74, 6) is -0.276. The van der Waals surface area contributed by atoms with Gasteiger partial charge in [0.05, 0.1) is 22.8 Å². The monoisotopic (exact) mass is 517 g/mol. The Labute approximate surface area is 215 Å². The van der Waals surface area contributed by atoms with Crippen LogP contribution in [0.2, 0.25) is 0 Å². The van der Waals surface area contributed by atoms with Gasteiger partial charge in [-0.05, 0) is 36.0 Å². The number of aryl methyl sites for hydroxylation is 1. The summed E-state index contributed by atoms with van der Waals surface area (Å²) in [4.78, 5) is 17.6. The van der Waals surface area contributed by atoms with Crippen LogP contribution in [0.1, 0.15) is 5.56 Å². The number of fused-ring (bicyclic) bond motifs is 1. The Bertz CT molecular complexity index is 1570. The minimum absolute atomic E-state index is 0.0587. The summed E-state index contributed by atoms with van der Waals surface area (Å²) < 4.78 is 23.3. The average Bonchev–Trinajstić information content (AvgIpc) is 3.48. The predicted octanol–water partition coefficient (Wildman–Crippen LogP) is 5.68. The van der Waals surface area contributed by atoms with Crippen molar-refractivity contribution in [1.82, 2.24) is 20.1 Å². The molecule has 2 N–H and O–H groups in total. The van der Waals surface area contributed by atoms with E-state index in [0.29, 0.717) is 11.4 Å². The zero-order valence-electron chi connectivity index (χ0n) is 19.1. The van der Waals surface area contributed by atoms with Crippen LogP contribution in [-0.2, 0) is 18.3 Å². The van der Waals surface area contributed by atoms with E-state index in [9.17, 15) is 9.18 Å². The fraction of sp³-hybridized carbons (Fsp3) is 0.0769. The quantitative estimate of drug-likeness (QED) is 0.282. The minimum atomic E-state index is -0.576. The number of benzene rings is 2.